The van der Waals surface area contributed by atoms with Gasteiger partial charge in [0.1, 0.15) is 11.3 Å². The maximum Gasteiger partial charge on any atom is 0.410 e. The van der Waals surface area contributed by atoms with Crippen molar-refractivity contribution in [2.75, 3.05) is 26.2 Å². The predicted molar refractivity (Wildman–Crippen MR) is 123 cm³/mol. The summed E-state index contributed by atoms with van der Waals surface area (Å²) in [6, 6.07) is 6.91. The van der Waals surface area contributed by atoms with Gasteiger partial charge in [-0.3, -0.25) is 9.88 Å². The molecule has 34 heavy (non-hydrogen) atoms. The molecule has 0 saturated carbocycles. The van der Waals surface area contributed by atoms with E-state index in [2.05, 4.69) is 15.0 Å². The van der Waals surface area contributed by atoms with Crippen LogP contribution in [-0.4, -0.2) is 63.6 Å². The Kier molecular flexibility index (Phi) is 6.58. The van der Waals surface area contributed by atoms with Crippen LogP contribution in [-0.2, 0) is 11.3 Å². The van der Waals surface area contributed by atoms with Crippen molar-refractivity contribution in [2.24, 2.45) is 10.6 Å². The molecule has 0 atom stereocenters. The molecule has 0 radical (unpaired) electrons. The van der Waals surface area contributed by atoms with E-state index in [1.807, 2.05) is 26.8 Å². The van der Waals surface area contributed by atoms with E-state index in [9.17, 15) is 18.8 Å². The zero-order chi connectivity index (χ0) is 24.5. The Bertz CT molecular complexity index is 1070. The third-order valence-electron chi connectivity index (χ3n) is 6.36. The van der Waals surface area contributed by atoms with E-state index in [0.717, 1.165) is 50.2 Å². The first kappa shape index (κ1) is 24.1. The second kappa shape index (κ2) is 9.29. The molecule has 2 aliphatic heterocycles. The number of likely N-dealkylation sites (tertiary alicyclic amines) is 2. The number of halogens is 2. The molecular weight excluding hydrogens is 442 g/mol. The standard InChI is InChI=1S/C25H30F2N4O3/c1-24(2,3)34-23(32)31-10-8-25(9-11-31)15-30(16-25)14-17-4-7-21(28-13-17)22(29-33)18-5-6-19(26)20(27)12-18/h4-7,12-13,33H,8-11,14-16H2,1-3H3/b29-22+. The van der Waals surface area contributed by atoms with Gasteiger partial charge >= 0.3 is 6.09 Å². The number of carbonyl (C=O) groups excluding carboxylic acids is 1. The molecule has 2 fully saturated rings. The van der Waals surface area contributed by atoms with E-state index >= 15 is 0 Å². The molecule has 1 amide bonds. The van der Waals surface area contributed by atoms with Crippen molar-refractivity contribution in [3.8, 4) is 0 Å². The highest BCUT2D eigenvalue weighted by Crippen LogP contribution is 2.41. The van der Waals surface area contributed by atoms with Crippen LogP contribution in [0.15, 0.2) is 41.7 Å². The van der Waals surface area contributed by atoms with E-state index in [1.54, 1.807) is 17.2 Å². The first-order valence-corrected chi connectivity index (χ1v) is 11.4. The highest BCUT2D eigenvalue weighted by Gasteiger charge is 2.45. The molecule has 0 unspecified atom stereocenters. The van der Waals surface area contributed by atoms with Gasteiger partial charge in [0.15, 0.2) is 11.6 Å². The minimum Gasteiger partial charge on any atom is -0.444 e. The summed E-state index contributed by atoms with van der Waals surface area (Å²) in [6.07, 6.45) is 3.39. The molecule has 7 nitrogen and oxygen atoms in total. The molecule has 1 spiro atoms. The molecular formula is C25H30F2N4O3. The van der Waals surface area contributed by atoms with Crippen LogP contribution in [0.25, 0.3) is 0 Å². The van der Waals surface area contributed by atoms with Gasteiger partial charge < -0.3 is 14.8 Å². The first-order valence-electron chi connectivity index (χ1n) is 11.4. The van der Waals surface area contributed by atoms with Crippen molar-refractivity contribution >= 4 is 11.8 Å². The largest absolute Gasteiger partial charge is 0.444 e. The van der Waals surface area contributed by atoms with Gasteiger partial charge in [0.2, 0.25) is 0 Å². The highest BCUT2D eigenvalue weighted by molar-refractivity contribution is 6.11. The maximum absolute atomic E-state index is 13.6. The number of aromatic nitrogens is 1. The Hall–Kier alpha value is -3.07. The maximum atomic E-state index is 13.6. The van der Waals surface area contributed by atoms with Gasteiger partial charge in [0, 0.05) is 44.5 Å². The lowest BCUT2D eigenvalue weighted by Crippen LogP contribution is -2.60. The molecule has 0 bridgehead atoms. The van der Waals surface area contributed by atoms with Crippen molar-refractivity contribution in [2.45, 2.75) is 45.8 Å². The number of carbonyl (C=O) groups is 1. The number of hydrogen-bond donors (Lipinski definition) is 1. The average Bonchev–Trinajstić information content (AvgIpc) is 2.76. The summed E-state index contributed by atoms with van der Waals surface area (Å²) in [5.74, 6) is -1.98. The van der Waals surface area contributed by atoms with Gasteiger partial charge in [-0.05, 0) is 68.9 Å². The van der Waals surface area contributed by atoms with Crippen LogP contribution in [0.1, 0.15) is 50.4 Å². The lowest BCUT2D eigenvalue weighted by Gasteiger charge is -2.54. The summed E-state index contributed by atoms with van der Waals surface area (Å²) in [4.78, 5) is 20.8. The van der Waals surface area contributed by atoms with E-state index in [0.29, 0.717) is 18.8 Å². The molecule has 2 saturated heterocycles. The fourth-order valence-corrected chi connectivity index (χ4v) is 4.64. The van der Waals surface area contributed by atoms with Crippen molar-refractivity contribution in [1.29, 1.82) is 0 Å². The molecule has 3 heterocycles. The minimum absolute atomic E-state index is 0.0742. The fraction of sp³-hybridized carbons (Fsp3) is 0.480. The quantitative estimate of drug-likeness (QED) is 0.405. The molecule has 4 rings (SSSR count). The van der Waals surface area contributed by atoms with Gasteiger partial charge in [0.05, 0.1) is 5.69 Å². The van der Waals surface area contributed by atoms with Crippen LogP contribution < -0.4 is 0 Å². The van der Waals surface area contributed by atoms with Gasteiger partial charge in [0.25, 0.3) is 0 Å². The Morgan fingerprint density at radius 3 is 2.41 bits per heavy atom. The second-order valence-corrected chi connectivity index (χ2v) is 10.2. The molecule has 9 heteroatoms. The number of benzene rings is 1. The van der Waals surface area contributed by atoms with Crippen molar-refractivity contribution in [1.82, 2.24) is 14.8 Å². The van der Waals surface area contributed by atoms with Crippen molar-refractivity contribution in [3.63, 3.8) is 0 Å². The zero-order valence-corrected chi connectivity index (χ0v) is 19.7. The summed E-state index contributed by atoms with van der Waals surface area (Å²) in [5, 5.41) is 12.6. The van der Waals surface area contributed by atoms with Gasteiger partial charge in [-0.25, -0.2) is 13.6 Å². The third kappa shape index (κ3) is 5.35. The monoisotopic (exact) mass is 472 g/mol. The molecule has 1 aromatic carbocycles. The number of nitrogens with zero attached hydrogens (tertiary/aromatic N) is 4. The second-order valence-electron chi connectivity index (χ2n) is 10.2. The number of ether oxygens (including phenoxy) is 1. The van der Waals surface area contributed by atoms with Crippen LogP contribution in [0.5, 0.6) is 0 Å². The highest BCUT2D eigenvalue weighted by atomic mass is 19.2. The lowest BCUT2D eigenvalue weighted by atomic mass is 9.72. The Balaban J connectivity index is 1.29. The summed E-state index contributed by atoms with van der Waals surface area (Å²) in [6.45, 7) is 9.73. The molecule has 1 N–H and O–H groups in total. The van der Waals surface area contributed by atoms with Crippen LogP contribution >= 0.6 is 0 Å². The SMILES string of the molecule is CC(C)(C)OC(=O)N1CCC2(CC1)CN(Cc1ccc(/C(=N/O)c3ccc(F)c(F)c3)nc1)C2. The van der Waals surface area contributed by atoms with Crippen molar-refractivity contribution < 1.29 is 23.5 Å². The first-order chi connectivity index (χ1) is 16.1. The minimum atomic E-state index is -1.01. The third-order valence-corrected chi connectivity index (χ3v) is 6.36. The molecule has 1 aromatic heterocycles. The zero-order valence-electron chi connectivity index (χ0n) is 19.7. The Morgan fingerprint density at radius 1 is 1.15 bits per heavy atom. The summed E-state index contributed by atoms with van der Waals surface area (Å²) in [5.41, 5.74) is 1.45. The molecule has 182 valence electrons. The van der Waals surface area contributed by atoms with Crippen molar-refractivity contribution in [3.05, 3.63) is 65.0 Å². The van der Waals surface area contributed by atoms with E-state index in [-0.39, 0.29) is 22.8 Å². The number of amides is 1. The van der Waals surface area contributed by atoms with Crippen LogP contribution in [0.2, 0.25) is 0 Å². The smallest absolute Gasteiger partial charge is 0.410 e. The fourth-order valence-electron chi connectivity index (χ4n) is 4.64. The average molecular weight is 473 g/mol. The Morgan fingerprint density at radius 2 is 1.85 bits per heavy atom. The molecule has 0 aliphatic carbocycles. The number of pyridine rings is 1. The van der Waals surface area contributed by atoms with E-state index < -0.39 is 17.2 Å². The summed E-state index contributed by atoms with van der Waals surface area (Å²) in [7, 11) is 0. The summed E-state index contributed by atoms with van der Waals surface area (Å²) >= 11 is 0. The normalized spacial score (nSPS) is 18.6. The summed E-state index contributed by atoms with van der Waals surface area (Å²) < 4.78 is 32.2. The number of hydrogen-bond acceptors (Lipinski definition) is 6. The van der Waals surface area contributed by atoms with Gasteiger partial charge in [-0.1, -0.05) is 11.2 Å². The number of oxime groups is 1. The number of rotatable bonds is 4. The van der Waals surface area contributed by atoms with Crippen LogP contribution in [0.4, 0.5) is 13.6 Å². The van der Waals surface area contributed by atoms with E-state index in [4.69, 9.17) is 4.74 Å². The Labute approximate surface area is 198 Å². The molecule has 2 aliphatic rings. The number of piperidine rings is 1. The molecule has 2 aromatic rings. The topological polar surface area (TPSA) is 78.3 Å². The predicted octanol–water partition coefficient (Wildman–Crippen LogP) is 4.42. The van der Waals surface area contributed by atoms with Crippen LogP contribution in [0, 0.1) is 17.0 Å². The van der Waals surface area contributed by atoms with Crippen LogP contribution in [0.3, 0.4) is 0 Å². The van der Waals surface area contributed by atoms with E-state index in [1.165, 1.54) is 6.07 Å². The van der Waals surface area contributed by atoms with Gasteiger partial charge in [-0.15, -0.1) is 0 Å². The lowest BCUT2D eigenvalue weighted by molar-refractivity contribution is -0.0551. The van der Waals surface area contributed by atoms with Gasteiger partial charge in [-0.2, -0.15) is 0 Å².